The molecule has 5 heteroatoms. The van der Waals surface area contributed by atoms with Gasteiger partial charge in [-0.3, -0.25) is 4.79 Å². The number of ether oxygens (including phenoxy) is 3. The quantitative estimate of drug-likeness (QED) is 0.578. The van der Waals surface area contributed by atoms with Crippen LogP contribution in [0.25, 0.3) is 0 Å². The summed E-state index contributed by atoms with van der Waals surface area (Å²) < 4.78 is 16.7. The number of nitrogens with one attached hydrogen (secondary N) is 1. The average Bonchev–Trinajstić information content (AvgIpc) is 2.65. The molecule has 0 unspecified atom stereocenters. The van der Waals surface area contributed by atoms with Gasteiger partial charge in [0.2, 0.25) is 0 Å². The van der Waals surface area contributed by atoms with Gasteiger partial charge in [-0.1, -0.05) is 32.0 Å². The van der Waals surface area contributed by atoms with Crippen LogP contribution < -0.4 is 14.8 Å². The van der Waals surface area contributed by atoms with Crippen LogP contribution in [-0.4, -0.2) is 32.3 Å². The molecule has 0 atom stereocenters. The Morgan fingerprint density at radius 3 is 2.59 bits per heavy atom. The van der Waals surface area contributed by atoms with E-state index in [1.807, 2.05) is 43.3 Å². The highest BCUT2D eigenvalue weighted by Gasteiger charge is 2.12. The van der Waals surface area contributed by atoms with Gasteiger partial charge in [-0.15, -0.1) is 0 Å². The second-order valence-electron chi connectivity index (χ2n) is 6.55. The van der Waals surface area contributed by atoms with Gasteiger partial charge in [-0.2, -0.15) is 0 Å². The number of amides is 1. The van der Waals surface area contributed by atoms with Crippen molar-refractivity contribution in [3.05, 3.63) is 54.1 Å². The molecule has 0 aliphatic rings. The molecule has 0 radical (unpaired) electrons. The first-order valence-corrected chi connectivity index (χ1v) is 9.44. The molecule has 1 amide bonds. The highest BCUT2D eigenvalue weighted by Crippen LogP contribution is 2.22. The highest BCUT2D eigenvalue weighted by molar-refractivity contribution is 6.06. The van der Waals surface area contributed by atoms with Gasteiger partial charge >= 0.3 is 0 Å². The van der Waals surface area contributed by atoms with E-state index < -0.39 is 0 Å². The summed E-state index contributed by atoms with van der Waals surface area (Å²) in [4.78, 5) is 12.7. The summed E-state index contributed by atoms with van der Waals surface area (Å²) in [6, 6.07) is 14.6. The van der Waals surface area contributed by atoms with Crippen LogP contribution in [-0.2, 0) is 4.74 Å². The van der Waals surface area contributed by atoms with Crippen LogP contribution in [0.5, 0.6) is 11.5 Å². The van der Waals surface area contributed by atoms with E-state index in [0.29, 0.717) is 49.3 Å². The average molecular weight is 371 g/mol. The Morgan fingerprint density at radius 2 is 1.81 bits per heavy atom. The monoisotopic (exact) mass is 371 g/mol. The van der Waals surface area contributed by atoms with Gasteiger partial charge in [0.15, 0.2) is 0 Å². The second kappa shape index (κ2) is 11.2. The van der Waals surface area contributed by atoms with Crippen LogP contribution >= 0.6 is 0 Å². The largest absolute Gasteiger partial charge is 0.494 e. The molecule has 0 fully saturated rings. The number of carbonyl (C=O) groups excluding carboxylic acids is 1. The van der Waals surface area contributed by atoms with Crippen molar-refractivity contribution in [1.29, 1.82) is 0 Å². The third-order valence-corrected chi connectivity index (χ3v) is 3.88. The number of para-hydroxylation sites is 1. The third-order valence-electron chi connectivity index (χ3n) is 3.88. The minimum absolute atomic E-state index is 0.221. The first-order chi connectivity index (χ1) is 13.1. The SMILES string of the molecule is CCOCCOc1ccccc1C(=O)Nc1cccc(OCCC(C)C)c1. The van der Waals surface area contributed by atoms with Crippen molar-refractivity contribution in [2.75, 3.05) is 31.7 Å². The minimum atomic E-state index is -0.221. The summed E-state index contributed by atoms with van der Waals surface area (Å²) in [7, 11) is 0. The van der Waals surface area contributed by atoms with Crippen molar-refractivity contribution < 1.29 is 19.0 Å². The zero-order valence-electron chi connectivity index (χ0n) is 16.4. The smallest absolute Gasteiger partial charge is 0.259 e. The lowest BCUT2D eigenvalue weighted by molar-refractivity contribution is 0.0998. The Bertz CT molecular complexity index is 715. The number of hydrogen-bond acceptors (Lipinski definition) is 4. The van der Waals surface area contributed by atoms with Crippen molar-refractivity contribution in [3.8, 4) is 11.5 Å². The Kier molecular flexibility index (Phi) is 8.65. The van der Waals surface area contributed by atoms with Gasteiger partial charge in [0, 0.05) is 18.4 Å². The molecule has 0 aromatic heterocycles. The molecule has 0 aliphatic heterocycles. The molecular weight excluding hydrogens is 342 g/mol. The second-order valence-corrected chi connectivity index (χ2v) is 6.55. The standard InChI is InChI=1S/C22H29NO4/c1-4-25-14-15-27-21-11-6-5-10-20(21)22(24)23-18-8-7-9-19(16-18)26-13-12-17(2)3/h5-11,16-17H,4,12-15H2,1-3H3,(H,23,24). The van der Waals surface area contributed by atoms with Gasteiger partial charge in [0.25, 0.3) is 5.91 Å². The lowest BCUT2D eigenvalue weighted by Gasteiger charge is -2.13. The molecule has 0 aliphatic carbocycles. The first kappa shape index (κ1) is 20.8. The Labute approximate surface area is 161 Å². The first-order valence-electron chi connectivity index (χ1n) is 9.44. The third kappa shape index (κ3) is 7.31. The summed E-state index contributed by atoms with van der Waals surface area (Å²) >= 11 is 0. The van der Waals surface area contributed by atoms with Crippen molar-refractivity contribution in [3.63, 3.8) is 0 Å². The highest BCUT2D eigenvalue weighted by atomic mass is 16.5. The topological polar surface area (TPSA) is 56.8 Å². The van der Waals surface area contributed by atoms with Crippen LogP contribution in [0.15, 0.2) is 48.5 Å². The molecule has 2 rings (SSSR count). The van der Waals surface area contributed by atoms with Gasteiger partial charge in [0.05, 0.1) is 18.8 Å². The maximum Gasteiger partial charge on any atom is 0.259 e. The van der Waals surface area contributed by atoms with Crippen LogP contribution in [0.2, 0.25) is 0 Å². The lowest BCUT2D eigenvalue weighted by Crippen LogP contribution is -2.15. The summed E-state index contributed by atoms with van der Waals surface area (Å²) in [5.41, 5.74) is 1.17. The lowest BCUT2D eigenvalue weighted by atomic mass is 10.1. The molecule has 0 bridgehead atoms. The molecule has 0 saturated heterocycles. The van der Waals surface area contributed by atoms with E-state index in [9.17, 15) is 4.79 Å². The fourth-order valence-electron chi connectivity index (χ4n) is 2.41. The predicted octanol–water partition coefficient (Wildman–Crippen LogP) is 4.78. The van der Waals surface area contributed by atoms with Crippen LogP contribution in [0.1, 0.15) is 37.6 Å². The molecule has 0 spiro atoms. The predicted molar refractivity (Wildman–Crippen MR) is 108 cm³/mol. The molecule has 0 heterocycles. The Morgan fingerprint density at radius 1 is 1.00 bits per heavy atom. The van der Waals surface area contributed by atoms with Crippen molar-refractivity contribution in [1.82, 2.24) is 0 Å². The van der Waals surface area contributed by atoms with E-state index in [1.165, 1.54) is 0 Å². The minimum Gasteiger partial charge on any atom is -0.494 e. The van der Waals surface area contributed by atoms with Gasteiger partial charge in [0.1, 0.15) is 18.1 Å². The molecule has 1 N–H and O–H groups in total. The summed E-state index contributed by atoms with van der Waals surface area (Å²) in [6.07, 6.45) is 0.989. The van der Waals surface area contributed by atoms with Crippen molar-refractivity contribution in [2.24, 2.45) is 5.92 Å². The number of anilines is 1. The number of hydrogen-bond donors (Lipinski definition) is 1. The maximum absolute atomic E-state index is 12.7. The molecule has 5 nitrogen and oxygen atoms in total. The number of rotatable bonds is 11. The summed E-state index contributed by atoms with van der Waals surface area (Å²) in [5.74, 6) is 1.65. The fourth-order valence-corrected chi connectivity index (χ4v) is 2.41. The molecule has 146 valence electrons. The van der Waals surface area contributed by atoms with Crippen LogP contribution in [0, 0.1) is 5.92 Å². The normalized spacial score (nSPS) is 10.7. The van der Waals surface area contributed by atoms with E-state index in [0.717, 1.165) is 12.2 Å². The van der Waals surface area contributed by atoms with E-state index >= 15 is 0 Å². The maximum atomic E-state index is 12.7. The number of carbonyl (C=O) groups is 1. The van der Waals surface area contributed by atoms with E-state index in [1.54, 1.807) is 12.1 Å². The van der Waals surface area contributed by atoms with Crippen molar-refractivity contribution in [2.45, 2.75) is 27.2 Å². The van der Waals surface area contributed by atoms with Crippen LogP contribution in [0.4, 0.5) is 5.69 Å². The molecular formula is C22H29NO4. The fraction of sp³-hybridized carbons (Fsp3) is 0.409. The zero-order chi connectivity index (χ0) is 19.5. The summed E-state index contributed by atoms with van der Waals surface area (Å²) in [6.45, 7) is 8.44. The molecule has 0 saturated carbocycles. The van der Waals surface area contributed by atoms with E-state index in [-0.39, 0.29) is 5.91 Å². The zero-order valence-corrected chi connectivity index (χ0v) is 16.4. The molecule has 27 heavy (non-hydrogen) atoms. The van der Waals surface area contributed by atoms with Gasteiger partial charge < -0.3 is 19.5 Å². The van der Waals surface area contributed by atoms with Gasteiger partial charge in [-0.25, -0.2) is 0 Å². The summed E-state index contributed by atoms with van der Waals surface area (Å²) in [5, 5.41) is 2.91. The van der Waals surface area contributed by atoms with Crippen LogP contribution in [0.3, 0.4) is 0 Å². The van der Waals surface area contributed by atoms with E-state index in [4.69, 9.17) is 14.2 Å². The molecule has 2 aromatic rings. The van der Waals surface area contributed by atoms with Gasteiger partial charge in [-0.05, 0) is 43.5 Å². The Balaban J connectivity index is 1.98. The van der Waals surface area contributed by atoms with Crippen molar-refractivity contribution >= 4 is 11.6 Å². The van der Waals surface area contributed by atoms with E-state index in [2.05, 4.69) is 19.2 Å². The number of benzene rings is 2. The molecule has 2 aromatic carbocycles. The Hall–Kier alpha value is -2.53.